The lowest BCUT2D eigenvalue weighted by molar-refractivity contribution is -0.395. The molecule has 0 aromatic rings. The van der Waals surface area contributed by atoms with E-state index in [-0.39, 0.29) is 0 Å². The highest BCUT2D eigenvalue weighted by atomic mass is 19.4. The molecule has 4 N–H and O–H groups in total. The van der Waals surface area contributed by atoms with E-state index in [4.69, 9.17) is 20.4 Å². The minimum atomic E-state index is -7.41. The van der Waals surface area contributed by atoms with E-state index in [1.165, 1.54) is 0 Å². The second-order valence-electron chi connectivity index (χ2n) is 5.01. The number of hydrogen-bond donors (Lipinski definition) is 4. The second-order valence-corrected chi connectivity index (χ2v) is 5.01. The lowest BCUT2D eigenvalue weighted by Crippen LogP contribution is -2.70. The van der Waals surface area contributed by atoms with Crippen LogP contribution in [0.1, 0.15) is 0 Å². The Labute approximate surface area is 135 Å². The number of rotatable bonds is 9. The molecule has 16 heteroatoms. The minimum Gasteiger partial charge on any atom is -0.390 e. The lowest BCUT2D eigenvalue weighted by atomic mass is 9.89. The highest BCUT2D eigenvalue weighted by molar-refractivity contribution is 5.09. The van der Waals surface area contributed by atoms with Crippen molar-refractivity contribution in [1.82, 2.24) is 0 Å². The zero-order chi connectivity index (χ0) is 21.6. The number of hydrogen-bond acceptors (Lipinski definition) is 4. The predicted octanol–water partition coefficient (Wildman–Crippen LogP) is 1.50. The maximum atomic E-state index is 13.3. The molecule has 26 heavy (non-hydrogen) atoms. The molecule has 0 spiro atoms. The summed E-state index contributed by atoms with van der Waals surface area (Å²) in [6.07, 6.45) is -10.0. The summed E-state index contributed by atoms with van der Waals surface area (Å²) in [5.74, 6) is -39.9. The predicted molar refractivity (Wildman–Crippen MR) is 55.9 cm³/mol. The van der Waals surface area contributed by atoms with Crippen LogP contribution in [0.25, 0.3) is 0 Å². The van der Waals surface area contributed by atoms with Crippen molar-refractivity contribution in [3.05, 3.63) is 0 Å². The smallest absolute Gasteiger partial charge is 0.381 e. The van der Waals surface area contributed by atoms with Gasteiger partial charge >= 0.3 is 35.5 Å². The van der Waals surface area contributed by atoms with Crippen LogP contribution >= 0.6 is 0 Å². The zero-order valence-electron chi connectivity index (χ0n) is 11.9. The standard InChI is InChI=1S/C10H10F12O4/c11-5(12,1-23)7(15,16)3(25)4(26)8(17,18)10(21,22)9(19,20)6(13,14)2-24/h3-4,23-26H,1-2H2. The minimum absolute atomic E-state index is 2.86. The molecule has 0 radical (unpaired) electrons. The Morgan fingerprint density at radius 2 is 0.808 bits per heavy atom. The summed E-state index contributed by atoms with van der Waals surface area (Å²) in [6.45, 7) is -5.98. The van der Waals surface area contributed by atoms with E-state index in [2.05, 4.69) is 0 Å². The third-order valence-electron chi connectivity index (χ3n) is 3.20. The highest BCUT2D eigenvalue weighted by Gasteiger charge is 2.83. The van der Waals surface area contributed by atoms with Gasteiger partial charge in [-0.3, -0.25) is 0 Å². The van der Waals surface area contributed by atoms with Crippen molar-refractivity contribution < 1.29 is 73.1 Å². The third kappa shape index (κ3) is 3.43. The van der Waals surface area contributed by atoms with Crippen LogP contribution in [-0.2, 0) is 0 Å². The molecule has 4 nitrogen and oxygen atoms in total. The van der Waals surface area contributed by atoms with E-state index in [0.29, 0.717) is 0 Å². The molecule has 0 aromatic carbocycles. The van der Waals surface area contributed by atoms with E-state index in [1.807, 2.05) is 0 Å². The summed E-state index contributed by atoms with van der Waals surface area (Å²) in [5.41, 5.74) is 0. The van der Waals surface area contributed by atoms with Gasteiger partial charge in [0, 0.05) is 0 Å². The van der Waals surface area contributed by atoms with Gasteiger partial charge in [0.05, 0.1) is 0 Å². The Hall–Kier alpha value is -1.00. The van der Waals surface area contributed by atoms with Crippen molar-refractivity contribution in [2.45, 2.75) is 47.7 Å². The highest BCUT2D eigenvalue weighted by Crippen LogP contribution is 2.54. The van der Waals surface area contributed by atoms with Gasteiger partial charge in [0.15, 0.2) is 12.2 Å². The number of halogens is 12. The first-order chi connectivity index (χ1) is 11.2. The average Bonchev–Trinajstić information content (AvgIpc) is 2.52. The van der Waals surface area contributed by atoms with Crippen LogP contribution in [0.3, 0.4) is 0 Å². The van der Waals surface area contributed by atoms with Crippen LogP contribution in [0.5, 0.6) is 0 Å². The largest absolute Gasteiger partial charge is 0.390 e. The molecule has 2 unspecified atom stereocenters. The van der Waals surface area contributed by atoms with Crippen LogP contribution in [0.2, 0.25) is 0 Å². The van der Waals surface area contributed by atoms with Crippen LogP contribution in [0.15, 0.2) is 0 Å². The van der Waals surface area contributed by atoms with Gasteiger partial charge in [-0.1, -0.05) is 0 Å². The molecule has 0 amide bonds. The Bertz CT molecular complexity index is 494. The summed E-state index contributed by atoms with van der Waals surface area (Å²) in [6, 6.07) is 0. The van der Waals surface area contributed by atoms with Gasteiger partial charge in [-0.25, -0.2) is 0 Å². The third-order valence-corrected chi connectivity index (χ3v) is 3.20. The van der Waals surface area contributed by atoms with Crippen LogP contribution in [0.4, 0.5) is 52.7 Å². The maximum absolute atomic E-state index is 13.3. The first-order valence-corrected chi connectivity index (χ1v) is 6.03. The average molecular weight is 422 g/mol. The van der Waals surface area contributed by atoms with Crippen molar-refractivity contribution in [3.63, 3.8) is 0 Å². The zero-order valence-corrected chi connectivity index (χ0v) is 11.9. The molecule has 0 aliphatic heterocycles. The van der Waals surface area contributed by atoms with E-state index in [9.17, 15) is 52.7 Å². The molecule has 0 aliphatic rings. The first kappa shape index (κ1) is 25.0. The van der Waals surface area contributed by atoms with E-state index >= 15 is 0 Å². The van der Waals surface area contributed by atoms with Crippen molar-refractivity contribution in [3.8, 4) is 0 Å². The Morgan fingerprint density at radius 3 is 1.12 bits per heavy atom. The normalized spacial score (nSPS) is 18.0. The van der Waals surface area contributed by atoms with Gasteiger partial charge in [0.1, 0.15) is 13.2 Å². The van der Waals surface area contributed by atoms with Crippen molar-refractivity contribution in [2.75, 3.05) is 13.2 Å². The number of aliphatic hydroxyl groups excluding tert-OH is 4. The van der Waals surface area contributed by atoms with Gasteiger partial charge < -0.3 is 20.4 Å². The Balaban J connectivity index is 6.09. The summed E-state index contributed by atoms with van der Waals surface area (Å²) in [5, 5.41) is 33.2. The molecule has 2 atom stereocenters. The molecule has 158 valence electrons. The van der Waals surface area contributed by atoms with Crippen LogP contribution in [-0.4, -0.2) is 81.4 Å². The Morgan fingerprint density at radius 1 is 0.500 bits per heavy atom. The lowest BCUT2D eigenvalue weighted by Gasteiger charge is -2.40. The summed E-state index contributed by atoms with van der Waals surface area (Å²) in [7, 11) is 0. The topological polar surface area (TPSA) is 80.9 Å². The second kappa shape index (κ2) is 6.87. The molecule has 0 heterocycles. The SMILES string of the molecule is OCC(F)(F)C(F)(F)C(O)C(O)C(F)(F)C(F)(F)C(F)(F)C(F)(F)CO. The van der Waals surface area contributed by atoms with E-state index in [1.54, 1.807) is 0 Å². The molecular formula is C10H10F12O4. The van der Waals surface area contributed by atoms with Crippen molar-refractivity contribution in [2.24, 2.45) is 0 Å². The molecule has 0 aromatic heterocycles. The molecule has 0 aliphatic carbocycles. The van der Waals surface area contributed by atoms with E-state index in [0.717, 1.165) is 0 Å². The quantitative estimate of drug-likeness (QED) is 0.425. The molecule has 0 fully saturated rings. The van der Waals surface area contributed by atoms with Crippen LogP contribution in [0, 0.1) is 0 Å². The van der Waals surface area contributed by atoms with Gasteiger partial charge in [0.25, 0.3) is 0 Å². The van der Waals surface area contributed by atoms with Crippen molar-refractivity contribution in [1.29, 1.82) is 0 Å². The Kier molecular flexibility index (Phi) is 6.60. The fourth-order valence-electron chi connectivity index (χ4n) is 1.44. The monoisotopic (exact) mass is 422 g/mol. The molecular weight excluding hydrogens is 412 g/mol. The number of alkyl halides is 12. The van der Waals surface area contributed by atoms with E-state index < -0.39 is 61.0 Å². The van der Waals surface area contributed by atoms with Crippen molar-refractivity contribution >= 4 is 0 Å². The molecule has 0 saturated carbocycles. The van der Waals surface area contributed by atoms with Crippen LogP contribution < -0.4 is 0 Å². The molecule has 0 saturated heterocycles. The molecule has 0 bridgehead atoms. The van der Waals surface area contributed by atoms with Gasteiger partial charge in [-0.05, 0) is 0 Å². The maximum Gasteiger partial charge on any atom is 0.381 e. The summed E-state index contributed by atoms with van der Waals surface area (Å²) < 4.78 is 156. The summed E-state index contributed by atoms with van der Waals surface area (Å²) in [4.78, 5) is 0. The fourth-order valence-corrected chi connectivity index (χ4v) is 1.44. The number of aliphatic hydroxyl groups is 4. The van der Waals surface area contributed by atoms with Gasteiger partial charge in [-0.15, -0.1) is 0 Å². The first-order valence-electron chi connectivity index (χ1n) is 6.03. The molecule has 0 rings (SSSR count). The summed E-state index contributed by atoms with van der Waals surface area (Å²) >= 11 is 0. The van der Waals surface area contributed by atoms with Gasteiger partial charge in [-0.2, -0.15) is 52.7 Å². The fraction of sp³-hybridized carbons (Fsp3) is 1.00. The van der Waals surface area contributed by atoms with Gasteiger partial charge in [0.2, 0.25) is 0 Å².